The van der Waals surface area contributed by atoms with Gasteiger partial charge in [-0.05, 0) is 37.6 Å². The van der Waals surface area contributed by atoms with E-state index in [4.69, 9.17) is 9.15 Å². The molecule has 116 valence electrons. The molecule has 1 heterocycles. The van der Waals surface area contributed by atoms with Crippen LogP contribution in [0.3, 0.4) is 0 Å². The molecule has 0 aliphatic rings. The van der Waals surface area contributed by atoms with Crippen LogP contribution in [0.4, 0.5) is 0 Å². The largest absolute Gasteiger partial charge is 0.488 e. The Labute approximate surface area is 133 Å². The first-order valence-corrected chi connectivity index (χ1v) is 7.31. The number of Topliss-reactive ketones (excluding diaryl/α,β-unsaturated/α-hetero) is 1. The molecule has 0 fully saturated rings. The standard InChI is InChI=1S/C19H16O4/c1-12-17(22-11-14-6-4-3-5-7-14)9-8-15-10-16(13(2)20)19(21)23-18(12)15/h3-10H,11H2,1-2H3. The van der Waals surface area contributed by atoms with E-state index < -0.39 is 5.63 Å². The normalized spacial score (nSPS) is 10.7. The van der Waals surface area contributed by atoms with Crippen LogP contribution in [-0.4, -0.2) is 5.78 Å². The number of ether oxygens (including phenoxy) is 1. The maximum atomic E-state index is 11.9. The van der Waals surface area contributed by atoms with Crippen molar-refractivity contribution in [3.8, 4) is 5.75 Å². The van der Waals surface area contributed by atoms with E-state index in [1.165, 1.54) is 6.92 Å². The monoisotopic (exact) mass is 308 g/mol. The van der Waals surface area contributed by atoms with E-state index in [-0.39, 0.29) is 11.3 Å². The zero-order chi connectivity index (χ0) is 16.4. The first kappa shape index (κ1) is 15.0. The smallest absolute Gasteiger partial charge is 0.347 e. The number of aryl methyl sites for hydroxylation is 1. The number of rotatable bonds is 4. The number of benzene rings is 2. The molecule has 1 aromatic heterocycles. The van der Waals surface area contributed by atoms with Gasteiger partial charge in [-0.2, -0.15) is 0 Å². The fourth-order valence-corrected chi connectivity index (χ4v) is 2.44. The number of ketones is 1. The second kappa shape index (κ2) is 6.08. The van der Waals surface area contributed by atoms with Crippen molar-refractivity contribution >= 4 is 16.8 Å². The van der Waals surface area contributed by atoms with E-state index in [0.29, 0.717) is 23.3 Å². The zero-order valence-electron chi connectivity index (χ0n) is 13.0. The summed E-state index contributed by atoms with van der Waals surface area (Å²) in [6.45, 7) is 3.62. The van der Waals surface area contributed by atoms with Gasteiger partial charge in [0.05, 0.1) is 0 Å². The Morgan fingerprint density at radius 3 is 2.57 bits per heavy atom. The van der Waals surface area contributed by atoms with Crippen molar-refractivity contribution in [2.75, 3.05) is 0 Å². The molecule has 23 heavy (non-hydrogen) atoms. The predicted octanol–water partition coefficient (Wildman–Crippen LogP) is 3.88. The summed E-state index contributed by atoms with van der Waals surface area (Å²) < 4.78 is 11.1. The maximum Gasteiger partial charge on any atom is 0.347 e. The molecule has 4 heteroatoms. The van der Waals surface area contributed by atoms with Gasteiger partial charge in [-0.15, -0.1) is 0 Å². The van der Waals surface area contributed by atoms with Crippen LogP contribution in [-0.2, 0) is 6.61 Å². The molecule has 0 saturated heterocycles. The van der Waals surface area contributed by atoms with Crippen LogP contribution in [0.25, 0.3) is 11.0 Å². The number of hydrogen-bond acceptors (Lipinski definition) is 4. The van der Waals surface area contributed by atoms with Crippen LogP contribution in [0.15, 0.2) is 57.7 Å². The molecular weight excluding hydrogens is 292 g/mol. The Morgan fingerprint density at radius 1 is 1.13 bits per heavy atom. The summed E-state index contributed by atoms with van der Waals surface area (Å²) in [5.41, 5.74) is 1.69. The molecule has 0 spiro atoms. The van der Waals surface area contributed by atoms with E-state index in [1.54, 1.807) is 12.1 Å². The van der Waals surface area contributed by atoms with Gasteiger partial charge in [0, 0.05) is 10.9 Å². The van der Waals surface area contributed by atoms with E-state index in [0.717, 1.165) is 11.1 Å². The van der Waals surface area contributed by atoms with Gasteiger partial charge in [-0.3, -0.25) is 4.79 Å². The quantitative estimate of drug-likeness (QED) is 0.542. The molecule has 0 saturated carbocycles. The minimum absolute atomic E-state index is 0.0647. The summed E-state index contributed by atoms with van der Waals surface area (Å²) in [4.78, 5) is 23.3. The van der Waals surface area contributed by atoms with Gasteiger partial charge in [-0.1, -0.05) is 30.3 Å². The molecule has 3 aromatic rings. The molecule has 0 atom stereocenters. The number of hydrogen-bond donors (Lipinski definition) is 0. The van der Waals surface area contributed by atoms with Crippen LogP contribution >= 0.6 is 0 Å². The molecule has 0 aliphatic carbocycles. The first-order chi connectivity index (χ1) is 11.1. The highest BCUT2D eigenvalue weighted by Gasteiger charge is 2.13. The van der Waals surface area contributed by atoms with Crippen LogP contribution in [0.2, 0.25) is 0 Å². The number of carbonyl (C=O) groups is 1. The van der Waals surface area contributed by atoms with Gasteiger partial charge in [0.2, 0.25) is 0 Å². The molecule has 0 aliphatic heterocycles. The molecule has 4 nitrogen and oxygen atoms in total. The summed E-state index contributed by atoms with van der Waals surface area (Å²) in [5, 5.41) is 0.708. The summed E-state index contributed by atoms with van der Waals surface area (Å²) in [5.74, 6) is 0.350. The predicted molar refractivity (Wildman–Crippen MR) is 88.0 cm³/mol. The maximum absolute atomic E-state index is 11.9. The van der Waals surface area contributed by atoms with E-state index >= 15 is 0 Å². The molecule has 0 N–H and O–H groups in total. The topological polar surface area (TPSA) is 56.5 Å². The van der Waals surface area contributed by atoms with Crippen molar-refractivity contribution in [2.24, 2.45) is 0 Å². The highest BCUT2D eigenvalue weighted by molar-refractivity contribution is 5.97. The average Bonchev–Trinajstić information content (AvgIpc) is 2.55. The third-order valence-corrected chi connectivity index (χ3v) is 3.72. The Morgan fingerprint density at radius 2 is 1.87 bits per heavy atom. The van der Waals surface area contributed by atoms with Gasteiger partial charge in [0.25, 0.3) is 0 Å². The number of carbonyl (C=O) groups excluding carboxylic acids is 1. The third kappa shape index (κ3) is 3.01. The minimum Gasteiger partial charge on any atom is -0.488 e. The van der Waals surface area contributed by atoms with Gasteiger partial charge in [0.1, 0.15) is 23.5 Å². The van der Waals surface area contributed by atoms with Crippen molar-refractivity contribution in [2.45, 2.75) is 20.5 Å². The van der Waals surface area contributed by atoms with Gasteiger partial charge >= 0.3 is 5.63 Å². The molecular formula is C19H16O4. The first-order valence-electron chi connectivity index (χ1n) is 7.31. The minimum atomic E-state index is -0.617. The number of fused-ring (bicyclic) bond motifs is 1. The molecule has 0 radical (unpaired) electrons. The lowest BCUT2D eigenvalue weighted by Gasteiger charge is -2.11. The molecule has 3 rings (SSSR count). The fraction of sp³-hybridized carbons (Fsp3) is 0.158. The summed E-state index contributed by atoms with van der Waals surface area (Å²) in [6.07, 6.45) is 0. The third-order valence-electron chi connectivity index (χ3n) is 3.72. The van der Waals surface area contributed by atoms with Crippen molar-refractivity contribution in [3.05, 3.63) is 75.6 Å². The van der Waals surface area contributed by atoms with Crippen molar-refractivity contribution in [1.82, 2.24) is 0 Å². The van der Waals surface area contributed by atoms with Crippen LogP contribution in [0.5, 0.6) is 5.75 Å². The lowest BCUT2D eigenvalue weighted by molar-refractivity contribution is 0.101. The summed E-state index contributed by atoms with van der Waals surface area (Å²) in [6, 6.07) is 15.0. The Balaban J connectivity index is 1.97. The summed E-state index contributed by atoms with van der Waals surface area (Å²) >= 11 is 0. The Bertz CT molecular complexity index is 923. The van der Waals surface area contributed by atoms with Crippen LogP contribution in [0, 0.1) is 6.92 Å². The zero-order valence-corrected chi connectivity index (χ0v) is 13.0. The molecule has 0 amide bonds. The lowest BCUT2D eigenvalue weighted by Crippen LogP contribution is -2.11. The molecule has 0 bridgehead atoms. The van der Waals surface area contributed by atoms with E-state index in [2.05, 4.69) is 0 Å². The molecule has 0 unspecified atom stereocenters. The van der Waals surface area contributed by atoms with Crippen LogP contribution < -0.4 is 10.4 Å². The van der Waals surface area contributed by atoms with Crippen molar-refractivity contribution in [3.63, 3.8) is 0 Å². The lowest BCUT2D eigenvalue weighted by atomic mass is 10.1. The summed E-state index contributed by atoms with van der Waals surface area (Å²) in [7, 11) is 0. The van der Waals surface area contributed by atoms with E-state index in [1.807, 2.05) is 43.3 Å². The van der Waals surface area contributed by atoms with Crippen molar-refractivity contribution in [1.29, 1.82) is 0 Å². The average molecular weight is 308 g/mol. The van der Waals surface area contributed by atoms with Gasteiger partial charge in [-0.25, -0.2) is 4.79 Å². The SMILES string of the molecule is CC(=O)c1cc2ccc(OCc3ccccc3)c(C)c2oc1=O. The van der Waals surface area contributed by atoms with Crippen molar-refractivity contribution < 1.29 is 13.9 Å². The second-order valence-corrected chi connectivity index (χ2v) is 5.39. The Kier molecular flexibility index (Phi) is 3.98. The van der Waals surface area contributed by atoms with Crippen LogP contribution in [0.1, 0.15) is 28.4 Å². The van der Waals surface area contributed by atoms with Gasteiger partial charge in [0.15, 0.2) is 5.78 Å². The highest BCUT2D eigenvalue weighted by Crippen LogP contribution is 2.27. The van der Waals surface area contributed by atoms with Gasteiger partial charge < -0.3 is 9.15 Å². The fourth-order valence-electron chi connectivity index (χ4n) is 2.44. The molecule has 2 aromatic carbocycles. The van der Waals surface area contributed by atoms with E-state index in [9.17, 15) is 9.59 Å². The highest BCUT2D eigenvalue weighted by atomic mass is 16.5. The second-order valence-electron chi connectivity index (χ2n) is 5.39. The Hall–Kier alpha value is -2.88.